The number of rotatable bonds is 9. The first kappa shape index (κ1) is 27.5. The molecule has 36 heavy (non-hydrogen) atoms. The second-order valence-electron chi connectivity index (χ2n) is 8.17. The lowest BCUT2D eigenvalue weighted by molar-refractivity contribution is -0.139. The van der Waals surface area contributed by atoms with Crippen LogP contribution in [-0.4, -0.2) is 44.8 Å². The van der Waals surface area contributed by atoms with Gasteiger partial charge in [-0.15, -0.1) is 0 Å². The van der Waals surface area contributed by atoms with E-state index in [1.54, 1.807) is 74.5 Å². The molecule has 0 saturated carbocycles. The lowest BCUT2D eigenvalue weighted by Gasteiger charge is -2.32. The molecule has 0 aliphatic heterocycles. The fraction of sp³-hybridized carbons (Fsp3) is 0.231. The number of likely N-dealkylation sites (N-methyl/N-ethyl adjacent to an activating group) is 1. The molecule has 0 heterocycles. The molecule has 0 spiro atoms. The second-order valence-corrected chi connectivity index (χ2v) is 10.8. The number of nitrogens with one attached hydrogen (secondary N) is 1. The van der Waals surface area contributed by atoms with Crippen LogP contribution in [0, 0.1) is 6.92 Å². The van der Waals surface area contributed by atoms with Crippen LogP contribution >= 0.6 is 23.2 Å². The molecule has 0 bridgehead atoms. The van der Waals surface area contributed by atoms with E-state index in [0.29, 0.717) is 26.9 Å². The van der Waals surface area contributed by atoms with Gasteiger partial charge in [-0.2, -0.15) is 0 Å². The fourth-order valence-electron chi connectivity index (χ4n) is 3.70. The molecule has 0 saturated heterocycles. The molecule has 3 aromatic rings. The monoisotopic (exact) mass is 547 g/mol. The quantitative estimate of drug-likeness (QED) is 0.422. The number of anilines is 1. The summed E-state index contributed by atoms with van der Waals surface area (Å²) in [7, 11) is -2.62. The molecule has 3 aromatic carbocycles. The van der Waals surface area contributed by atoms with Gasteiger partial charge in [0.2, 0.25) is 11.8 Å². The number of carbonyl (C=O) groups excluding carboxylic acids is 2. The zero-order valence-electron chi connectivity index (χ0n) is 20.1. The van der Waals surface area contributed by atoms with Gasteiger partial charge < -0.3 is 10.2 Å². The van der Waals surface area contributed by atoms with Gasteiger partial charge in [0.05, 0.1) is 20.6 Å². The highest BCUT2D eigenvalue weighted by Crippen LogP contribution is 2.28. The summed E-state index contributed by atoms with van der Waals surface area (Å²) in [6.07, 6.45) is 0. The van der Waals surface area contributed by atoms with Crippen molar-refractivity contribution in [3.05, 3.63) is 94.0 Å². The Morgan fingerprint density at radius 3 is 2.19 bits per heavy atom. The van der Waals surface area contributed by atoms with Crippen LogP contribution in [-0.2, 0) is 26.2 Å². The average molecular weight is 548 g/mol. The normalized spacial score (nSPS) is 12.0. The van der Waals surface area contributed by atoms with Crippen molar-refractivity contribution in [2.75, 3.05) is 17.9 Å². The number of benzene rings is 3. The Labute approximate surface area is 221 Å². The second kappa shape index (κ2) is 11.8. The lowest BCUT2D eigenvalue weighted by Crippen LogP contribution is -2.50. The van der Waals surface area contributed by atoms with Crippen molar-refractivity contribution >= 4 is 50.7 Å². The number of hydrogen-bond acceptors (Lipinski definition) is 4. The number of nitrogens with zero attached hydrogens (tertiary/aromatic N) is 2. The van der Waals surface area contributed by atoms with Crippen molar-refractivity contribution in [2.24, 2.45) is 0 Å². The zero-order chi connectivity index (χ0) is 26.5. The maximum Gasteiger partial charge on any atom is 0.264 e. The summed E-state index contributed by atoms with van der Waals surface area (Å²) in [5.74, 6) is -0.947. The number of halogens is 2. The number of aryl methyl sites for hydroxylation is 1. The first-order valence-electron chi connectivity index (χ1n) is 11.1. The minimum Gasteiger partial charge on any atom is -0.357 e. The minimum absolute atomic E-state index is 0.0251. The number of hydrogen-bond donors (Lipinski definition) is 1. The SMILES string of the molecule is CNC(=O)C(C)N(Cc1ccc(Cl)c(Cl)c1)C(=O)CN(c1ccccc1C)S(=O)(=O)c1ccccc1. The molecular formula is C26H27Cl2N3O4S. The van der Waals surface area contributed by atoms with Gasteiger partial charge in [-0.1, -0.05) is 65.7 Å². The largest absolute Gasteiger partial charge is 0.357 e. The van der Waals surface area contributed by atoms with E-state index >= 15 is 0 Å². The van der Waals surface area contributed by atoms with E-state index in [-0.39, 0.29) is 11.4 Å². The van der Waals surface area contributed by atoms with Crippen molar-refractivity contribution in [1.29, 1.82) is 0 Å². The van der Waals surface area contributed by atoms with Gasteiger partial charge in [0.15, 0.2) is 0 Å². The molecule has 1 N–H and O–H groups in total. The van der Waals surface area contributed by atoms with Crippen LogP contribution in [0.2, 0.25) is 10.0 Å². The molecule has 0 fully saturated rings. The summed E-state index contributed by atoms with van der Waals surface area (Å²) >= 11 is 12.2. The Kier molecular flexibility index (Phi) is 9.00. The van der Waals surface area contributed by atoms with Crippen molar-refractivity contribution in [1.82, 2.24) is 10.2 Å². The molecule has 2 amide bonds. The molecule has 10 heteroatoms. The first-order chi connectivity index (χ1) is 17.1. The van der Waals surface area contributed by atoms with E-state index in [4.69, 9.17) is 23.2 Å². The van der Waals surface area contributed by atoms with Crippen LogP contribution < -0.4 is 9.62 Å². The van der Waals surface area contributed by atoms with Gasteiger partial charge in [-0.05, 0) is 55.3 Å². The van der Waals surface area contributed by atoms with Gasteiger partial charge >= 0.3 is 0 Å². The van der Waals surface area contributed by atoms with Gasteiger partial charge in [0, 0.05) is 13.6 Å². The highest BCUT2D eigenvalue weighted by atomic mass is 35.5. The summed E-state index contributed by atoms with van der Waals surface area (Å²) in [6.45, 7) is 2.87. The van der Waals surface area contributed by atoms with Gasteiger partial charge in [-0.25, -0.2) is 8.42 Å². The predicted octanol–water partition coefficient (Wildman–Crippen LogP) is 4.66. The number of para-hydroxylation sites is 1. The number of carbonyl (C=O) groups is 2. The molecule has 1 unspecified atom stereocenters. The number of amides is 2. The van der Waals surface area contributed by atoms with Crippen LogP contribution in [0.3, 0.4) is 0 Å². The van der Waals surface area contributed by atoms with Crippen LogP contribution in [0.4, 0.5) is 5.69 Å². The zero-order valence-corrected chi connectivity index (χ0v) is 22.4. The maximum atomic E-state index is 13.7. The molecule has 0 aliphatic rings. The predicted molar refractivity (Wildman–Crippen MR) is 143 cm³/mol. The van der Waals surface area contributed by atoms with Gasteiger partial charge in [0.25, 0.3) is 10.0 Å². The van der Waals surface area contributed by atoms with E-state index in [0.717, 1.165) is 4.31 Å². The molecule has 0 aliphatic carbocycles. The lowest BCUT2D eigenvalue weighted by atomic mass is 10.1. The van der Waals surface area contributed by atoms with E-state index in [9.17, 15) is 18.0 Å². The Hall–Kier alpha value is -3.07. The summed E-state index contributed by atoms with van der Waals surface area (Å²) < 4.78 is 28.5. The Morgan fingerprint density at radius 1 is 0.944 bits per heavy atom. The van der Waals surface area contributed by atoms with Crippen molar-refractivity contribution in [3.8, 4) is 0 Å². The molecular weight excluding hydrogens is 521 g/mol. The van der Waals surface area contributed by atoms with Gasteiger partial charge in [0.1, 0.15) is 12.6 Å². The third-order valence-electron chi connectivity index (χ3n) is 5.74. The van der Waals surface area contributed by atoms with Gasteiger partial charge in [-0.3, -0.25) is 13.9 Å². The van der Waals surface area contributed by atoms with E-state index in [2.05, 4.69) is 5.32 Å². The Bertz CT molecular complexity index is 1350. The third kappa shape index (κ3) is 6.19. The van der Waals surface area contributed by atoms with Crippen molar-refractivity contribution in [3.63, 3.8) is 0 Å². The standard InChI is InChI=1S/C26H27Cl2N3O4S/c1-18-9-7-8-12-24(18)31(36(34,35)21-10-5-4-6-11-21)17-25(32)30(19(2)26(33)29-3)16-20-13-14-22(27)23(28)15-20/h4-15,19H,16-17H2,1-3H3,(H,29,33). The van der Waals surface area contributed by atoms with Crippen LogP contribution in [0.15, 0.2) is 77.7 Å². The first-order valence-corrected chi connectivity index (χ1v) is 13.3. The van der Waals surface area contributed by atoms with E-state index < -0.39 is 34.4 Å². The third-order valence-corrected chi connectivity index (χ3v) is 8.26. The molecule has 0 radical (unpaired) electrons. The highest BCUT2D eigenvalue weighted by Gasteiger charge is 2.32. The van der Waals surface area contributed by atoms with Crippen molar-refractivity contribution < 1.29 is 18.0 Å². The highest BCUT2D eigenvalue weighted by molar-refractivity contribution is 7.92. The van der Waals surface area contributed by atoms with Crippen LogP contribution in [0.1, 0.15) is 18.1 Å². The maximum absolute atomic E-state index is 13.7. The summed E-state index contributed by atoms with van der Waals surface area (Å²) in [6, 6.07) is 18.9. The topological polar surface area (TPSA) is 86.8 Å². The Balaban J connectivity index is 2.04. The molecule has 1 atom stereocenters. The summed E-state index contributed by atoms with van der Waals surface area (Å²) in [5.41, 5.74) is 1.69. The minimum atomic E-state index is -4.10. The molecule has 0 aromatic heterocycles. The fourth-order valence-corrected chi connectivity index (χ4v) is 5.52. The van der Waals surface area contributed by atoms with E-state index in [1.165, 1.54) is 24.1 Å². The Morgan fingerprint density at radius 2 is 1.58 bits per heavy atom. The molecule has 3 rings (SSSR count). The van der Waals surface area contributed by atoms with Crippen molar-refractivity contribution in [2.45, 2.75) is 31.3 Å². The number of sulfonamides is 1. The van der Waals surface area contributed by atoms with E-state index in [1.807, 2.05) is 0 Å². The molecule has 190 valence electrons. The molecule has 7 nitrogen and oxygen atoms in total. The smallest absolute Gasteiger partial charge is 0.264 e. The van der Waals surface area contributed by atoms with Crippen LogP contribution in [0.5, 0.6) is 0 Å². The summed E-state index contributed by atoms with van der Waals surface area (Å²) in [5, 5.41) is 3.21. The average Bonchev–Trinajstić information content (AvgIpc) is 2.87. The summed E-state index contributed by atoms with van der Waals surface area (Å²) in [4.78, 5) is 27.6. The van der Waals surface area contributed by atoms with Crippen LogP contribution in [0.25, 0.3) is 0 Å².